The van der Waals surface area contributed by atoms with Crippen LogP contribution in [-0.2, 0) is 10.1 Å². The van der Waals surface area contributed by atoms with Crippen molar-refractivity contribution in [1.82, 2.24) is 4.90 Å². The van der Waals surface area contributed by atoms with Gasteiger partial charge in [0, 0.05) is 6.04 Å². The summed E-state index contributed by atoms with van der Waals surface area (Å²) < 4.78 is 30.1. The van der Waals surface area contributed by atoms with Crippen LogP contribution in [0.1, 0.15) is 20.3 Å². The van der Waals surface area contributed by atoms with E-state index in [9.17, 15) is 13.5 Å². The number of aliphatic hydroxyl groups excluding tert-OH is 3. The van der Waals surface area contributed by atoms with Crippen molar-refractivity contribution in [1.29, 1.82) is 0 Å². The van der Waals surface area contributed by atoms with Crippen molar-refractivity contribution >= 4 is 10.1 Å². The van der Waals surface area contributed by atoms with Gasteiger partial charge in [-0.05, 0) is 12.3 Å². The van der Waals surface area contributed by atoms with E-state index in [1.807, 2.05) is 13.8 Å². The lowest BCUT2D eigenvalue weighted by atomic mass is 10.0. The average molecular weight is 257 g/mol. The smallest absolute Gasteiger partial charge is 0.306 e. The second-order valence-corrected chi connectivity index (χ2v) is 5.41. The van der Waals surface area contributed by atoms with Gasteiger partial charge >= 0.3 is 10.1 Å². The first kappa shape index (κ1) is 15.8. The number of hydrogen-bond donors (Lipinski definition) is 4. The van der Waals surface area contributed by atoms with Gasteiger partial charge < -0.3 is 15.3 Å². The monoisotopic (exact) mass is 257 g/mol. The highest BCUT2D eigenvalue weighted by molar-refractivity contribution is 7.86. The van der Waals surface area contributed by atoms with Gasteiger partial charge in [-0.3, -0.25) is 4.55 Å². The summed E-state index contributed by atoms with van der Waals surface area (Å²) in [6.45, 7) is 2.49. The Kier molecular flexibility index (Phi) is 6.38. The molecule has 98 valence electrons. The fraction of sp³-hybridized carbons (Fsp3) is 1.00. The number of nitrogens with zero attached hydrogens (tertiary/aromatic N) is 1. The quantitative estimate of drug-likeness (QED) is 0.334. The second-order valence-electron chi connectivity index (χ2n) is 3.96. The lowest BCUT2D eigenvalue weighted by Gasteiger charge is -2.31. The third-order valence-electron chi connectivity index (χ3n) is 2.14. The molecular formula is C8H19NO6S. The fourth-order valence-corrected chi connectivity index (χ4v) is 1.98. The molecule has 0 aromatic heterocycles. The molecule has 4 N–H and O–H groups in total. The molecule has 0 aliphatic rings. The Bertz CT molecular complexity index is 291. The van der Waals surface area contributed by atoms with E-state index in [0.29, 0.717) is 6.42 Å². The summed E-state index contributed by atoms with van der Waals surface area (Å²) in [7, 11) is -4.69. The van der Waals surface area contributed by atoms with Crippen LogP contribution < -0.4 is 0 Å². The van der Waals surface area contributed by atoms with E-state index in [4.69, 9.17) is 14.8 Å². The summed E-state index contributed by atoms with van der Waals surface area (Å²) in [6, 6.07) is -0.734. The summed E-state index contributed by atoms with van der Waals surface area (Å²) in [5.74, 6) is 0.139. The van der Waals surface area contributed by atoms with Crippen LogP contribution in [0, 0.1) is 5.92 Å². The highest BCUT2D eigenvalue weighted by atomic mass is 32.2. The first-order valence-electron chi connectivity index (χ1n) is 4.85. The molecular weight excluding hydrogens is 238 g/mol. The zero-order valence-electron chi connectivity index (χ0n) is 9.31. The summed E-state index contributed by atoms with van der Waals surface area (Å²) in [6.07, 6.45) is 0.379. The first-order chi connectivity index (χ1) is 7.23. The molecule has 0 fully saturated rings. The largest absolute Gasteiger partial charge is 0.395 e. The van der Waals surface area contributed by atoms with Crippen molar-refractivity contribution in [2.75, 3.05) is 13.3 Å². The molecule has 0 saturated carbocycles. The SMILES string of the molecule is CC(C)CC(CO)N(CO)C(O)S(=O)(=O)O. The van der Waals surface area contributed by atoms with E-state index in [1.54, 1.807) is 0 Å². The molecule has 0 amide bonds. The normalized spacial score (nSPS) is 16.8. The molecule has 0 aromatic carbocycles. The van der Waals surface area contributed by atoms with Crippen molar-refractivity contribution in [3.8, 4) is 0 Å². The number of rotatable bonds is 7. The summed E-state index contributed by atoms with van der Waals surface area (Å²) in [4.78, 5) is 0.718. The fourth-order valence-electron chi connectivity index (χ4n) is 1.40. The van der Waals surface area contributed by atoms with Crippen LogP contribution in [0.5, 0.6) is 0 Å². The first-order valence-corrected chi connectivity index (χ1v) is 6.36. The molecule has 0 bridgehead atoms. The van der Waals surface area contributed by atoms with E-state index in [2.05, 4.69) is 0 Å². The van der Waals surface area contributed by atoms with Gasteiger partial charge in [-0.2, -0.15) is 8.42 Å². The number of hydrogen-bond acceptors (Lipinski definition) is 6. The van der Waals surface area contributed by atoms with Crippen LogP contribution >= 0.6 is 0 Å². The van der Waals surface area contributed by atoms with Crippen LogP contribution in [0.4, 0.5) is 0 Å². The van der Waals surface area contributed by atoms with Gasteiger partial charge in [0.25, 0.3) is 0 Å². The highest BCUT2D eigenvalue weighted by Crippen LogP contribution is 2.15. The summed E-state index contributed by atoms with van der Waals surface area (Å²) in [5.41, 5.74) is -2.23. The van der Waals surface area contributed by atoms with Crippen molar-refractivity contribution in [2.45, 2.75) is 31.9 Å². The van der Waals surface area contributed by atoms with Crippen LogP contribution in [0.15, 0.2) is 0 Å². The molecule has 0 heterocycles. The maximum absolute atomic E-state index is 10.7. The van der Waals surface area contributed by atoms with Crippen molar-refractivity contribution < 1.29 is 28.3 Å². The second kappa shape index (κ2) is 6.48. The molecule has 16 heavy (non-hydrogen) atoms. The molecule has 2 unspecified atom stereocenters. The molecule has 2 atom stereocenters. The van der Waals surface area contributed by atoms with Crippen molar-refractivity contribution in [2.24, 2.45) is 5.92 Å². The Morgan fingerprint density at radius 2 is 1.75 bits per heavy atom. The standard InChI is InChI=1S/C8H19NO6S/c1-6(2)3-7(4-10)9(5-11)8(12)16(13,14)15/h6-8,10-12H,3-5H2,1-2H3,(H,13,14,15). The van der Waals surface area contributed by atoms with Gasteiger partial charge in [0.1, 0.15) is 0 Å². The minimum Gasteiger partial charge on any atom is -0.395 e. The van der Waals surface area contributed by atoms with Crippen molar-refractivity contribution in [3.05, 3.63) is 0 Å². The molecule has 0 spiro atoms. The van der Waals surface area contributed by atoms with E-state index in [0.717, 1.165) is 4.90 Å². The maximum Gasteiger partial charge on any atom is 0.306 e. The molecule has 0 radical (unpaired) electrons. The van der Waals surface area contributed by atoms with Crippen LogP contribution in [-0.4, -0.2) is 58.1 Å². The van der Waals surface area contributed by atoms with Gasteiger partial charge in [0.2, 0.25) is 5.56 Å². The Morgan fingerprint density at radius 1 is 1.25 bits per heavy atom. The lowest BCUT2D eigenvalue weighted by molar-refractivity contribution is -0.0511. The Labute approximate surface area is 95.1 Å². The third-order valence-corrected chi connectivity index (χ3v) is 2.94. The van der Waals surface area contributed by atoms with Gasteiger partial charge in [0.15, 0.2) is 0 Å². The minimum atomic E-state index is -4.69. The molecule has 0 rings (SSSR count). The Balaban J connectivity index is 4.81. The molecule has 7 nitrogen and oxygen atoms in total. The van der Waals surface area contributed by atoms with E-state index < -0.39 is 35.1 Å². The highest BCUT2D eigenvalue weighted by Gasteiger charge is 2.32. The summed E-state index contributed by atoms with van der Waals surface area (Å²) >= 11 is 0. The minimum absolute atomic E-state index is 0.139. The van der Waals surface area contributed by atoms with Gasteiger partial charge in [-0.15, -0.1) is 0 Å². The molecule has 8 heteroatoms. The molecule has 0 aliphatic heterocycles. The molecule has 0 aliphatic carbocycles. The Hall–Kier alpha value is -0.250. The van der Waals surface area contributed by atoms with E-state index in [1.165, 1.54) is 0 Å². The van der Waals surface area contributed by atoms with E-state index >= 15 is 0 Å². The predicted molar refractivity (Wildman–Crippen MR) is 56.8 cm³/mol. The molecule has 0 aromatic rings. The maximum atomic E-state index is 10.7. The average Bonchev–Trinajstić information content (AvgIpc) is 2.15. The molecule has 0 saturated heterocycles. The Morgan fingerprint density at radius 3 is 2.00 bits per heavy atom. The number of aliphatic hydroxyl groups is 3. The zero-order chi connectivity index (χ0) is 12.9. The lowest BCUT2D eigenvalue weighted by Crippen LogP contribution is -2.49. The van der Waals surface area contributed by atoms with Crippen LogP contribution in [0.25, 0.3) is 0 Å². The van der Waals surface area contributed by atoms with Gasteiger partial charge in [0.05, 0.1) is 13.3 Å². The summed E-state index contributed by atoms with van der Waals surface area (Å²) in [5, 5.41) is 27.3. The topological polar surface area (TPSA) is 118 Å². The van der Waals surface area contributed by atoms with Gasteiger partial charge in [-0.25, -0.2) is 4.90 Å². The van der Waals surface area contributed by atoms with Crippen LogP contribution in [0.3, 0.4) is 0 Å². The van der Waals surface area contributed by atoms with Crippen LogP contribution in [0.2, 0.25) is 0 Å². The third kappa shape index (κ3) is 4.73. The van der Waals surface area contributed by atoms with Gasteiger partial charge in [-0.1, -0.05) is 13.8 Å². The van der Waals surface area contributed by atoms with Crippen molar-refractivity contribution in [3.63, 3.8) is 0 Å². The zero-order valence-corrected chi connectivity index (χ0v) is 10.1. The van der Waals surface area contributed by atoms with E-state index in [-0.39, 0.29) is 5.92 Å². The predicted octanol–water partition coefficient (Wildman–Crippen LogP) is -1.19.